The first kappa shape index (κ1) is 20.9. The quantitative estimate of drug-likeness (QED) is 0.409. The molecule has 3 N–H and O–H groups in total. The number of hydrogen-bond donors (Lipinski definition) is 3. The number of piperidine rings is 1. The number of benzene rings is 1. The van der Waals surface area contributed by atoms with E-state index in [2.05, 4.69) is 50.1 Å². The second kappa shape index (κ2) is 9.62. The summed E-state index contributed by atoms with van der Waals surface area (Å²) in [4.78, 5) is 11.5. The standard InChI is InChI=1S/C23H30FN5S/c1-25-23(26-10-9-16-14-27-20-13-18(24)7-8-19(16)20)28-15-17-5-3-11-29(2)22(17)21-6-4-12-30-21/h4,6-8,12-14,17,22,27H,3,5,9-11,15H2,1-2H3,(H2,25,26,28). The molecule has 4 rings (SSSR count). The van der Waals surface area contributed by atoms with Crippen molar-refractivity contribution in [3.05, 3.63) is 58.2 Å². The van der Waals surface area contributed by atoms with E-state index in [0.717, 1.165) is 42.9 Å². The second-order valence-corrected chi connectivity index (χ2v) is 8.96. The number of halogens is 1. The number of nitrogens with zero attached hydrogens (tertiary/aromatic N) is 2. The first-order chi connectivity index (χ1) is 14.7. The number of aromatic nitrogens is 1. The van der Waals surface area contributed by atoms with Crippen LogP contribution in [0.25, 0.3) is 10.9 Å². The fourth-order valence-corrected chi connectivity index (χ4v) is 5.50. The number of fused-ring (bicyclic) bond motifs is 1. The van der Waals surface area contributed by atoms with Gasteiger partial charge in [0.05, 0.1) is 0 Å². The fraction of sp³-hybridized carbons (Fsp3) is 0.435. The molecule has 2 aromatic heterocycles. The lowest BCUT2D eigenvalue weighted by atomic mass is 9.88. The van der Waals surface area contributed by atoms with Gasteiger partial charge in [0.25, 0.3) is 0 Å². The highest BCUT2D eigenvalue weighted by Crippen LogP contribution is 2.36. The molecule has 0 radical (unpaired) electrons. The molecule has 2 atom stereocenters. The molecule has 1 aromatic carbocycles. The van der Waals surface area contributed by atoms with E-state index in [1.54, 1.807) is 0 Å². The number of H-pyrrole nitrogens is 1. The molecular weight excluding hydrogens is 397 g/mol. The summed E-state index contributed by atoms with van der Waals surface area (Å²) in [5.41, 5.74) is 2.02. The zero-order valence-electron chi connectivity index (χ0n) is 17.6. The number of nitrogens with one attached hydrogen (secondary N) is 3. The van der Waals surface area contributed by atoms with Gasteiger partial charge in [0.1, 0.15) is 5.82 Å². The molecule has 3 aromatic rings. The van der Waals surface area contributed by atoms with Crippen molar-refractivity contribution in [1.82, 2.24) is 20.5 Å². The van der Waals surface area contributed by atoms with Gasteiger partial charge in [-0.25, -0.2) is 4.39 Å². The lowest BCUT2D eigenvalue weighted by molar-refractivity contribution is 0.125. The zero-order chi connectivity index (χ0) is 20.9. The smallest absolute Gasteiger partial charge is 0.190 e. The topological polar surface area (TPSA) is 55.5 Å². The summed E-state index contributed by atoms with van der Waals surface area (Å²) >= 11 is 1.85. The van der Waals surface area contributed by atoms with Crippen molar-refractivity contribution < 1.29 is 4.39 Å². The van der Waals surface area contributed by atoms with Gasteiger partial charge in [0.15, 0.2) is 5.96 Å². The largest absolute Gasteiger partial charge is 0.361 e. The van der Waals surface area contributed by atoms with Gasteiger partial charge in [-0.3, -0.25) is 9.89 Å². The van der Waals surface area contributed by atoms with E-state index in [9.17, 15) is 4.39 Å². The highest BCUT2D eigenvalue weighted by molar-refractivity contribution is 7.10. The third-order valence-corrected chi connectivity index (χ3v) is 6.96. The Balaban J connectivity index is 1.31. The zero-order valence-corrected chi connectivity index (χ0v) is 18.4. The first-order valence-electron chi connectivity index (χ1n) is 10.6. The van der Waals surface area contributed by atoms with Gasteiger partial charge in [-0.15, -0.1) is 11.3 Å². The maximum Gasteiger partial charge on any atom is 0.190 e. The van der Waals surface area contributed by atoms with Crippen LogP contribution in [0.4, 0.5) is 4.39 Å². The highest BCUT2D eigenvalue weighted by Gasteiger charge is 2.31. The number of rotatable bonds is 6. The van der Waals surface area contributed by atoms with E-state index >= 15 is 0 Å². The van der Waals surface area contributed by atoms with Gasteiger partial charge in [0, 0.05) is 48.2 Å². The number of thiophene rings is 1. The van der Waals surface area contributed by atoms with E-state index in [1.807, 2.05) is 30.6 Å². The van der Waals surface area contributed by atoms with Crippen LogP contribution in [0, 0.1) is 11.7 Å². The third-order valence-electron chi connectivity index (χ3n) is 6.01. The summed E-state index contributed by atoms with van der Waals surface area (Å²) in [7, 11) is 4.05. The molecule has 0 spiro atoms. The maximum atomic E-state index is 13.4. The van der Waals surface area contributed by atoms with Gasteiger partial charge >= 0.3 is 0 Å². The summed E-state index contributed by atoms with van der Waals surface area (Å²) in [5, 5.41) is 10.2. The van der Waals surface area contributed by atoms with Crippen molar-refractivity contribution in [3.8, 4) is 0 Å². The average Bonchev–Trinajstić information content (AvgIpc) is 3.40. The summed E-state index contributed by atoms with van der Waals surface area (Å²) in [5.74, 6) is 1.18. The molecule has 2 unspecified atom stereocenters. The Labute approximate surface area is 181 Å². The average molecular weight is 428 g/mol. The van der Waals surface area contributed by atoms with E-state index < -0.39 is 0 Å². The number of hydrogen-bond acceptors (Lipinski definition) is 3. The molecule has 1 aliphatic heterocycles. The maximum absolute atomic E-state index is 13.4. The molecule has 160 valence electrons. The lowest BCUT2D eigenvalue weighted by Gasteiger charge is -2.39. The molecule has 3 heterocycles. The predicted molar refractivity (Wildman–Crippen MR) is 124 cm³/mol. The summed E-state index contributed by atoms with van der Waals surface area (Å²) in [6.45, 7) is 2.82. The van der Waals surface area contributed by atoms with E-state index in [-0.39, 0.29) is 5.82 Å². The molecule has 0 bridgehead atoms. The monoisotopic (exact) mass is 427 g/mol. The van der Waals surface area contributed by atoms with Crippen LogP contribution in [0.5, 0.6) is 0 Å². The molecule has 30 heavy (non-hydrogen) atoms. The number of aliphatic imine (C=N–C) groups is 1. The molecule has 0 saturated carbocycles. The Morgan fingerprint density at radius 1 is 1.33 bits per heavy atom. The lowest BCUT2D eigenvalue weighted by Crippen LogP contribution is -2.45. The number of aromatic amines is 1. The van der Waals surface area contributed by atoms with Crippen LogP contribution in [0.15, 0.2) is 46.9 Å². The molecule has 5 nitrogen and oxygen atoms in total. The van der Waals surface area contributed by atoms with Gasteiger partial charge in [0.2, 0.25) is 0 Å². The van der Waals surface area contributed by atoms with Crippen molar-refractivity contribution in [3.63, 3.8) is 0 Å². The van der Waals surface area contributed by atoms with Gasteiger partial charge in [-0.2, -0.15) is 0 Å². The van der Waals surface area contributed by atoms with Crippen LogP contribution in [-0.4, -0.2) is 49.6 Å². The van der Waals surface area contributed by atoms with E-state index in [4.69, 9.17) is 0 Å². The minimum atomic E-state index is -0.215. The van der Waals surface area contributed by atoms with Crippen molar-refractivity contribution in [2.75, 3.05) is 33.7 Å². The van der Waals surface area contributed by atoms with Crippen molar-refractivity contribution in [2.24, 2.45) is 10.9 Å². The SMILES string of the molecule is CN=C(NCCc1c[nH]c2cc(F)ccc12)NCC1CCCN(C)C1c1cccs1. The summed E-state index contributed by atoms with van der Waals surface area (Å²) < 4.78 is 13.4. The molecule has 7 heteroatoms. The molecule has 0 amide bonds. The summed E-state index contributed by atoms with van der Waals surface area (Å²) in [6, 6.07) is 9.76. The molecule has 1 aliphatic rings. The second-order valence-electron chi connectivity index (χ2n) is 7.98. The van der Waals surface area contributed by atoms with Crippen LogP contribution < -0.4 is 10.6 Å². The van der Waals surface area contributed by atoms with Crippen LogP contribution >= 0.6 is 11.3 Å². The minimum absolute atomic E-state index is 0.215. The number of guanidine groups is 1. The van der Waals surface area contributed by atoms with Crippen molar-refractivity contribution >= 4 is 28.2 Å². The Hall–Kier alpha value is -2.38. The van der Waals surface area contributed by atoms with E-state index in [1.165, 1.54) is 35.4 Å². The Morgan fingerprint density at radius 3 is 3.03 bits per heavy atom. The van der Waals surface area contributed by atoms with Crippen LogP contribution in [0.3, 0.4) is 0 Å². The minimum Gasteiger partial charge on any atom is -0.361 e. The van der Waals surface area contributed by atoms with E-state index in [0.29, 0.717) is 12.0 Å². The van der Waals surface area contributed by atoms with Gasteiger partial charge < -0.3 is 15.6 Å². The van der Waals surface area contributed by atoms with Gasteiger partial charge in [-0.05, 0) is 74.0 Å². The van der Waals surface area contributed by atoms with Gasteiger partial charge in [-0.1, -0.05) is 6.07 Å². The van der Waals surface area contributed by atoms with Crippen LogP contribution in [-0.2, 0) is 6.42 Å². The van der Waals surface area contributed by atoms with Crippen LogP contribution in [0.2, 0.25) is 0 Å². The fourth-order valence-electron chi connectivity index (χ4n) is 4.51. The van der Waals surface area contributed by atoms with Crippen molar-refractivity contribution in [2.45, 2.75) is 25.3 Å². The molecule has 0 aliphatic carbocycles. The number of likely N-dealkylation sites (tertiary alicyclic amines) is 1. The predicted octanol–water partition coefficient (Wildman–Crippen LogP) is 4.16. The first-order valence-corrected chi connectivity index (χ1v) is 11.5. The highest BCUT2D eigenvalue weighted by atomic mass is 32.1. The van der Waals surface area contributed by atoms with Crippen molar-refractivity contribution in [1.29, 1.82) is 0 Å². The Kier molecular flexibility index (Phi) is 6.69. The summed E-state index contributed by atoms with van der Waals surface area (Å²) in [6.07, 6.45) is 5.27. The molecular formula is C23H30FN5S. The molecule has 1 fully saturated rings. The molecule has 1 saturated heterocycles. The normalized spacial score (nSPS) is 20.6. The third kappa shape index (κ3) is 4.68. The van der Waals surface area contributed by atoms with Crippen LogP contribution in [0.1, 0.15) is 29.3 Å². The Morgan fingerprint density at radius 2 is 2.23 bits per heavy atom. The Bertz CT molecular complexity index is 981.